The van der Waals surface area contributed by atoms with E-state index in [0.29, 0.717) is 0 Å². The van der Waals surface area contributed by atoms with Crippen LogP contribution >= 0.6 is 23.1 Å². The lowest BCUT2D eigenvalue weighted by molar-refractivity contribution is -0.0699. The molecule has 4 N–H and O–H groups in total. The van der Waals surface area contributed by atoms with Crippen molar-refractivity contribution in [1.82, 2.24) is 0 Å². The van der Waals surface area contributed by atoms with Gasteiger partial charge in [0.25, 0.3) is 0 Å². The maximum absolute atomic E-state index is 10.6. The lowest BCUT2D eigenvalue weighted by Gasteiger charge is -2.39. The molecule has 2 heterocycles. The van der Waals surface area contributed by atoms with E-state index in [0.717, 1.165) is 17.4 Å². The van der Waals surface area contributed by atoms with Crippen LogP contribution in [0.3, 0.4) is 0 Å². The number of fused-ring (bicyclic) bond motifs is 1. The summed E-state index contributed by atoms with van der Waals surface area (Å²) in [5.41, 5.74) is 4.67. The van der Waals surface area contributed by atoms with Gasteiger partial charge in [0.05, 0.1) is 29.3 Å². The highest BCUT2D eigenvalue weighted by Gasteiger charge is 2.44. The molecular weight excluding hydrogens is 392 g/mol. The summed E-state index contributed by atoms with van der Waals surface area (Å²) >= 11 is 2.97. The van der Waals surface area contributed by atoms with Crippen molar-refractivity contribution in [1.29, 1.82) is 0 Å². The van der Waals surface area contributed by atoms with Gasteiger partial charge in [-0.25, -0.2) is 0 Å². The standard InChI is InChI=1S/C22H24O4S2/c1-12-5-7-13(8-6-12)9-14-3-2-4-15-16(11-27-21(14)15)22-20(26)19(25)18(24)17(10-23)28-22/h2-8,11,17-20,22-26H,9-10H2,1H3/t17-,18-,19+,20-,22+/m1/s1. The predicted octanol–water partition coefficient (Wildman–Crippen LogP) is 3.03. The molecule has 0 radical (unpaired) electrons. The van der Waals surface area contributed by atoms with Crippen LogP contribution < -0.4 is 0 Å². The van der Waals surface area contributed by atoms with Crippen molar-refractivity contribution >= 4 is 33.2 Å². The van der Waals surface area contributed by atoms with Crippen LogP contribution in [-0.2, 0) is 6.42 Å². The third-order valence-electron chi connectivity index (χ3n) is 5.43. The minimum atomic E-state index is -1.27. The SMILES string of the molecule is Cc1ccc(Cc2cccc3c([C@@H]4S[C@H](CO)[C@@H](O)[C@H](O)[C@H]4O)csc23)cc1. The van der Waals surface area contributed by atoms with E-state index in [1.165, 1.54) is 33.2 Å². The number of benzene rings is 2. The molecule has 5 atom stereocenters. The topological polar surface area (TPSA) is 80.9 Å². The summed E-state index contributed by atoms with van der Waals surface area (Å²) < 4.78 is 1.17. The monoisotopic (exact) mass is 416 g/mol. The zero-order chi connectivity index (χ0) is 19.8. The molecule has 1 fully saturated rings. The minimum absolute atomic E-state index is 0.243. The van der Waals surface area contributed by atoms with Gasteiger partial charge < -0.3 is 20.4 Å². The number of aliphatic hydroxyl groups is 4. The largest absolute Gasteiger partial charge is 0.395 e. The number of hydrogen-bond acceptors (Lipinski definition) is 6. The van der Waals surface area contributed by atoms with Gasteiger partial charge in [-0.05, 0) is 40.8 Å². The van der Waals surface area contributed by atoms with E-state index < -0.39 is 23.6 Å². The Morgan fingerprint density at radius 1 is 0.929 bits per heavy atom. The van der Waals surface area contributed by atoms with Crippen molar-refractivity contribution in [2.24, 2.45) is 0 Å². The predicted molar refractivity (Wildman–Crippen MR) is 115 cm³/mol. The van der Waals surface area contributed by atoms with Gasteiger partial charge in [0.15, 0.2) is 0 Å². The van der Waals surface area contributed by atoms with E-state index in [4.69, 9.17) is 0 Å². The quantitative estimate of drug-likeness (QED) is 0.526. The van der Waals surface area contributed by atoms with Crippen LogP contribution in [0.4, 0.5) is 0 Å². The van der Waals surface area contributed by atoms with Crippen LogP contribution in [-0.4, -0.2) is 50.6 Å². The normalized spacial score (nSPS) is 28.0. The summed E-state index contributed by atoms with van der Waals surface area (Å²) in [6.07, 6.45) is -2.66. The van der Waals surface area contributed by atoms with Gasteiger partial charge in [-0.15, -0.1) is 23.1 Å². The number of aryl methyl sites for hydroxylation is 1. The molecule has 0 spiro atoms. The average molecular weight is 417 g/mol. The third-order valence-corrected chi connectivity index (χ3v) is 8.12. The second-order valence-electron chi connectivity index (χ2n) is 7.40. The van der Waals surface area contributed by atoms with Crippen molar-refractivity contribution in [2.45, 2.75) is 42.2 Å². The number of aliphatic hydroxyl groups excluding tert-OH is 4. The van der Waals surface area contributed by atoms with Crippen LogP contribution in [0.25, 0.3) is 10.1 Å². The van der Waals surface area contributed by atoms with Crippen LogP contribution in [0.2, 0.25) is 0 Å². The van der Waals surface area contributed by atoms with E-state index in [-0.39, 0.29) is 11.9 Å². The third kappa shape index (κ3) is 3.61. The molecular formula is C22H24O4S2. The minimum Gasteiger partial charge on any atom is -0.395 e. The zero-order valence-corrected chi connectivity index (χ0v) is 17.2. The van der Waals surface area contributed by atoms with Gasteiger partial charge in [0.2, 0.25) is 0 Å². The Balaban J connectivity index is 1.69. The van der Waals surface area contributed by atoms with Crippen LogP contribution in [0.15, 0.2) is 47.8 Å². The summed E-state index contributed by atoms with van der Waals surface area (Å²) in [5, 5.41) is 42.6. The lowest BCUT2D eigenvalue weighted by atomic mass is 9.95. The Morgan fingerprint density at radius 3 is 2.39 bits per heavy atom. The molecule has 0 aliphatic carbocycles. The Morgan fingerprint density at radius 2 is 1.68 bits per heavy atom. The van der Waals surface area contributed by atoms with E-state index in [1.807, 2.05) is 17.5 Å². The smallest absolute Gasteiger partial charge is 0.108 e. The molecule has 0 amide bonds. The number of rotatable bonds is 4. The average Bonchev–Trinajstić information content (AvgIpc) is 3.13. The molecule has 4 rings (SSSR count). The van der Waals surface area contributed by atoms with E-state index in [1.54, 1.807) is 11.3 Å². The summed E-state index contributed by atoms with van der Waals surface area (Å²) in [4.78, 5) is 0. The number of thiophene rings is 1. The molecule has 1 aliphatic rings. The first-order valence-corrected chi connectivity index (χ1v) is 11.2. The molecule has 2 aromatic carbocycles. The molecule has 4 nitrogen and oxygen atoms in total. The maximum Gasteiger partial charge on any atom is 0.108 e. The molecule has 1 aromatic heterocycles. The Bertz CT molecular complexity index is 951. The van der Waals surface area contributed by atoms with Gasteiger partial charge >= 0.3 is 0 Å². The fourth-order valence-corrected chi connectivity index (χ4v) is 6.44. The highest BCUT2D eigenvalue weighted by molar-refractivity contribution is 8.00. The Kier molecular flexibility index (Phi) is 5.78. The highest BCUT2D eigenvalue weighted by Crippen LogP contribution is 2.47. The Hall–Kier alpha value is -1.41. The summed E-state index contributed by atoms with van der Waals surface area (Å²) in [7, 11) is 0. The fourth-order valence-electron chi connectivity index (χ4n) is 3.78. The molecule has 6 heteroatoms. The zero-order valence-electron chi connectivity index (χ0n) is 15.5. The van der Waals surface area contributed by atoms with Gasteiger partial charge in [-0.3, -0.25) is 0 Å². The first kappa shape index (κ1) is 19.9. The van der Waals surface area contributed by atoms with Crippen molar-refractivity contribution in [3.05, 3.63) is 70.1 Å². The second kappa shape index (κ2) is 8.14. The Labute approximate surface area is 172 Å². The first-order chi connectivity index (χ1) is 13.5. The van der Waals surface area contributed by atoms with Crippen LogP contribution in [0.5, 0.6) is 0 Å². The van der Waals surface area contributed by atoms with Gasteiger partial charge in [0, 0.05) is 4.70 Å². The summed E-state index contributed by atoms with van der Waals surface area (Å²) in [6, 6.07) is 14.7. The van der Waals surface area contributed by atoms with E-state index in [9.17, 15) is 20.4 Å². The van der Waals surface area contributed by atoms with Crippen molar-refractivity contribution < 1.29 is 20.4 Å². The molecule has 1 saturated heterocycles. The van der Waals surface area contributed by atoms with Crippen LogP contribution in [0, 0.1) is 6.92 Å². The maximum atomic E-state index is 10.6. The number of hydrogen-bond donors (Lipinski definition) is 4. The molecule has 0 saturated carbocycles. The fraction of sp³-hybridized carbons (Fsp3) is 0.364. The first-order valence-electron chi connectivity index (χ1n) is 9.34. The lowest BCUT2D eigenvalue weighted by Crippen LogP contribution is -2.51. The van der Waals surface area contributed by atoms with E-state index in [2.05, 4.69) is 37.3 Å². The van der Waals surface area contributed by atoms with Gasteiger partial charge in [-0.1, -0.05) is 48.0 Å². The van der Waals surface area contributed by atoms with Crippen LogP contribution in [0.1, 0.15) is 27.5 Å². The molecule has 148 valence electrons. The molecule has 1 aliphatic heterocycles. The van der Waals surface area contributed by atoms with Gasteiger partial charge in [-0.2, -0.15) is 0 Å². The summed E-state index contributed by atoms with van der Waals surface area (Å²) in [5.74, 6) is 0. The second-order valence-corrected chi connectivity index (χ2v) is 9.66. The molecule has 0 bridgehead atoms. The van der Waals surface area contributed by atoms with Gasteiger partial charge in [0.1, 0.15) is 6.10 Å². The molecule has 0 unspecified atom stereocenters. The van der Waals surface area contributed by atoms with Crippen molar-refractivity contribution in [2.75, 3.05) is 6.61 Å². The number of thioether (sulfide) groups is 1. The van der Waals surface area contributed by atoms with Crippen molar-refractivity contribution in [3.63, 3.8) is 0 Å². The molecule has 28 heavy (non-hydrogen) atoms. The highest BCUT2D eigenvalue weighted by atomic mass is 32.2. The molecule has 3 aromatic rings. The van der Waals surface area contributed by atoms with Crippen molar-refractivity contribution in [3.8, 4) is 0 Å². The van der Waals surface area contributed by atoms with E-state index >= 15 is 0 Å². The summed E-state index contributed by atoms with van der Waals surface area (Å²) in [6.45, 7) is 1.83.